The number of nitrogens with zero attached hydrogens (tertiary/aromatic N) is 2. The number of ether oxygens (including phenoxy) is 1. The van der Waals surface area contributed by atoms with Crippen LogP contribution in [0.15, 0.2) is 58.7 Å². The molecule has 29 heavy (non-hydrogen) atoms. The van der Waals surface area contributed by atoms with Gasteiger partial charge in [0.25, 0.3) is 5.91 Å². The van der Waals surface area contributed by atoms with E-state index >= 15 is 0 Å². The summed E-state index contributed by atoms with van der Waals surface area (Å²) >= 11 is 0. The molecule has 0 saturated heterocycles. The van der Waals surface area contributed by atoms with Crippen LogP contribution in [0, 0.1) is 0 Å². The Kier molecular flexibility index (Phi) is 6.13. The molecule has 3 rings (SSSR count). The van der Waals surface area contributed by atoms with Crippen LogP contribution in [-0.4, -0.2) is 29.2 Å². The Bertz CT molecular complexity index is 1060. The molecule has 1 heterocycles. The third-order valence-corrected chi connectivity index (χ3v) is 4.19. The van der Waals surface area contributed by atoms with Crippen molar-refractivity contribution in [2.75, 3.05) is 11.9 Å². The minimum atomic E-state index is -0.226. The molecule has 8 heteroatoms. The lowest BCUT2D eigenvalue weighted by Gasteiger charge is -2.05. The maximum Gasteiger partial charge on any atom is 0.272 e. The van der Waals surface area contributed by atoms with E-state index in [-0.39, 0.29) is 11.9 Å². The largest absolute Gasteiger partial charge is 0.494 e. The van der Waals surface area contributed by atoms with Gasteiger partial charge < -0.3 is 26.5 Å². The van der Waals surface area contributed by atoms with Gasteiger partial charge in [0.1, 0.15) is 11.4 Å². The highest BCUT2D eigenvalue weighted by molar-refractivity contribution is 6.06. The van der Waals surface area contributed by atoms with Crippen LogP contribution in [0.4, 0.5) is 5.69 Å². The number of fused-ring (bicyclic) bond motifs is 1. The number of nitrogens with one attached hydrogen (secondary N) is 2. The minimum absolute atomic E-state index is 0.101. The van der Waals surface area contributed by atoms with Gasteiger partial charge in [0, 0.05) is 22.7 Å². The van der Waals surface area contributed by atoms with E-state index in [4.69, 9.17) is 16.2 Å². The Balaban J connectivity index is 1.71. The first-order chi connectivity index (χ1) is 14.0. The number of guanidine groups is 1. The summed E-state index contributed by atoms with van der Waals surface area (Å²) in [6.07, 6.45) is 0.939. The predicted octanol–water partition coefficient (Wildman–Crippen LogP) is 3.21. The number of rotatable bonds is 7. The van der Waals surface area contributed by atoms with Crippen LogP contribution in [0.2, 0.25) is 0 Å². The third kappa shape index (κ3) is 5.13. The molecule has 3 aromatic rings. The van der Waals surface area contributed by atoms with Gasteiger partial charge in [-0.3, -0.25) is 4.79 Å². The van der Waals surface area contributed by atoms with Crippen LogP contribution in [0.1, 0.15) is 36.3 Å². The van der Waals surface area contributed by atoms with E-state index in [1.54, 1.807) is 19.1 Å². The van der Waals surface area contributed by atoms with Crippen molar-refractivity contribution in [1.29, 1.82) is 0 Å². The molecule has 8 nitrogen and oxygen atoms in total. The van der Waals surface area contributed by atoms with Gasteiger partial charge in [-0.25, -0.2) is 0 Å². The van der Waals surface area contributed by atoms with Gasteiger partial charge in [-0.15, -0.1) is 5.10 Å². The summed E-state index contributed by atoms with van der Waals surface area (Å²) in [7, 11) is 0. The number of aromatic amines is 1. The normalized spacial score (nSPS) is 11.3. The Labute approximate surface area is 168 Å². The number of carbonyl (C=O) groups is 1. The zero-order valence-corrected chi connectivity index (χ0v) is 16.4. The maximum absolute atomic E-state index is 12.6. The van der Waals surface area contributed by atoms with Gasteiger partial charge >= 0.3 is 0 Å². The van der Waals surface area contributed by atoms with Crippen molar-refractivity contribution >= 4 is 34.2 Å². The average molecular weight is 392 g/mol. The van der Waals surface area contributed by atoms with E-state index in [0.29, 0.717) is 23.7 Å². The number of hydrogen-bond donors (Lipinski definition) is 4. The predicted molar refractivity (Wildman–Crippen MR) is 117 cm³/mol. The Morgan fingerprint density at radius 1 is 1.10 bits per heavy atom. The number of H-pyrrole nitrogens is 1. The van der Waals surface area contributed by atoms with Crippen LogP contribution in [0.5, 0.6) is 5.75 Å². The molecular formula is C21H24N6O2. The summed E-state index contributed by atoms with van der Waals surface area (Å²) in [6, 6.07) is 14.8. The number of amides is 1. The third-order valence-electron chi connectivity index (χ3n) is 4.19. The summed E-state index contributed by atoms with van der Waals surface area (Å²) in [4.78, 5) is 15.7. The van der Waals surface area contributed by atoms with E-state index in [0.717, 1.165) is 28.6 Å². The molecule has 6 N–H and O–H groups in total. The smallest absolute Gasteiger partial charge is 0.272 e. The van der Waals surface area contributed by atoms with Crippen LogP contribution in [0.25, 0.3) is 10.9 Å². The Hall–Kier alpha value is -3.81. The van der Waals surface area contributed by atoms with Crippen LogP contribution >= 0.6 is 0 Å². The summed E-state index contributed by atoms with van der Waals surface area (Å²) < 4.78 is 5.64. The first kappa shape index (κ1) is 19.9. The van der Waals surface area contributed by atoms with Crippen molar-refractivity contribution < 1.29 is 9.53 Å². The minimum Gasteiger partial charge on any atom is -0.494 e. The van der Waals surface area contributed by atoms with Crippen LogP contribution in [0.3, 0.4) is 0 Å². The SMILES string of the molecule is CCCOc1ccc2cc(C(=O)Nc3ccc(C(C)=NN=C(N)N)cc3)[nH]c2c1. The number of nitrogens with two attached hydrogens (primary N) is 2. The fourth-order valence-corrected chi connectivity index (χ4v) is 2.72. The first-order valence-electron chi connectivity index (χ1n) is 9.27. The molecule has 0 unspecified atom stereocenters. The van der Waals surface area contributed by atoms with Gasteiger partial charge in [-0.2, -0.15) is 5.10 Å². The molecular weight excluding hydrogens is 368 g/mol. The fourth-order valence-electron chi connectivity index (χ4n) is 2.72. The number of benzene rings is 2. The fraction of sp³-hybridized carbons (Fsp3) is 0.190. The molecule has 0 aliphatic carbocycles. The molecule has 0 fully saturated rings. The number of carbonyl (C=O) groups excluding carboxylic acids is 1. The zero-order valence-electron chi connectivity index (χ0n) is 16.4. The molecule has 0 spiro atoms. The van der Waals surface area contributed by atoms with Crippen molar-refractivity contribution in [2.45, 2.75) is 20.3 Å². The second-order valence-electron chi connectivity index (χ2n) is 6.52. The molecule has 1 amide bonds. The first-order valence-corrected chi connectivity index (χ1v) is 9.27. The maximum atomic E-state index is 12.6. The van der Waals surface area contributed by atoms with Crippen molar-refractivity contribution in [3.8, 4) is 5.75 Å². The standard InChI is InChI=1S/C21H24N6O2/c1-3-10-29-17-9-6-15-11-19(25-18(15)12-17)20(28)24-16-7-4-14(5-8-16)13(2)26-27-21(22)23/h4-9,11-12,25H,3,10H2,1-2H3,(H,24,28)(H4,22,23,27). The van der Waals surface area contributed by atoms with Gasteiger partial charge in [0.05, 0.1) is 12.3 Å². The van der Waals surface area contributed by atoms with Crippen molar-refractivity contribution in [1.82, 2.24) is 4.98 Å². The summed E-state index contributed by atoms with van der Waals surface area (Å²) in [5.74, 6) is 0.452. The number of anilines is 1. The van der Waals surface area contributed by atoms with Crippen molar-refractivity contribution in [3.63, 3.8) is 0 Å². The highest BCUT2D eigenvalue weighted by Gasteiger charge is 2.11. The average Bonchev–Trinajstić information content (AvgIpc) is 3.14. The van der Waals surface area contributed by atoms with E-state index < -0.39 is 0 Å². The summed E-state index contributed by atoms with van der Waals surface area (Å²) in [6.45, 7) is 4.51. The van der Waals surface area contributed by atoms with Gasteiger partial charge in [0.15, 0.2) is 0 Å². The summed E-state index contributed by atoms with van der Waals surface area (Å²) in [5, 5.41) is 11.4. The lowest BCUT2D eigenvalue weighted by atomic mass is 10.1. The molecule has 0 aliphatic heterocycles. The molecule has 1 aromatic heterocycles. The molecule has 0 saturated carbocycles. The second kappa shape index (κ2) is 8.92. The lowest BCUT2D eigenvalue weighted by Crippen LogP contribution is -2.22. The Morgan fingerprint density at radius 2 is 1.86 bits per heavy atom. The van der Waals surface area contributed by atoms with Crippen LogP contribution < -0.4 is 21.5 Å². The van der Waals surface area contributed by atoms with Gasteiger partial charge in [-0.1, -0.05) is 19.1 Å². The van der Waals surface area contributed by atoms with Gasteiger partial charge in [-0.05, 0) is 49.2 Å². The molecule has 0 radical (unpaired) electrons. The monoisotopic (exact) mass is 392 g/mol. The second-order valence-corrected chi connectivity index (χ2v) is 6.52. The Morgan fingerprint density at radius 3 is 2.55 bits per heavy atom. The van der Waals surface area contributed by atoms with E-state index in [9.17, 15) is 4.79 Å². The molecule has 0 atom stereocenters. The molecule has 0 bridgehead atoms. The highest BCUT2D eigenvalue weighted by Crippen LogP contribution is 2.22. The van der Waals surface area contributed by atoms with E-state index in [1.807, 2.05) is 36.4 Å². The molecule has 0 aliphatic rings. The quantitative estimate of drug-likeness (QED) is 0.279. The summed E-state index contributed by atoms with van der Waals surface area (Å²) in [5.41, 5.74) is 14.0. The molecule has 150 valence electrons. The highest BCUT2D eigenvalue weighted by atomic mass is 16.5. The topological polar surface area (TPSA) is 131 Å². The zero-order chi connectivity index (χ0) is 20.8. The number of aromatic nitrogens is 1. The van der Waals surface area contributed by atoms with Crippen LogP contribution in [-0.2, 0) is 0 Å². The number of hydrogen-bond acceptors (Lipinski definition) is 4. The van der Waals surface area contributed by atoms with Crippen molar-refractivity contribution in [2.24, 2.45) is 21.7 Å². The van der Waals surface area contributed by atoms with Crippen molar-refractivity contribution in [3.05, 3.63) is 59.8 Å². The molecule has 2 aromatic carbocycles. The van der Waals surface area contributed by atoms with E-state index in [1.165, 1.54) is 0 Å². The van der Waals surface area contributed by atoms with E-state index in [2.05, 4.69) is 27.4 Å². The van der Waals surface area contributed by atoms with Gasteiger partial charge in [0.2, 0.25) is 5.96 Å². The lowest BCUT2D eigenvalue weighted by molar-refractivity contribution is 0.102.